The van der Waals surface area contributed by atoms with Crippen molar-refractivity contribution in [1.82, 2.24) is 14.9 Å². The molecule has 0 aliphatic carbocycles. The van der Waals surface area contributed by atoms with Gasteiger partial charge in [-0.05, 0) is 55.2 Å². The number of nitrogens with one attached hydrogen (secondary N) is 2. The summed E-state index contributed by atoms with van der Waals surface area (Å²) in [7, 11) is 0. The van der Waals surface area contributed by atoms with E-state index in [4.69, 9.17) is 21.3 Å². The molecule has 0 unspecified atom stereocenters. The van der Waals surface area contributed by atoms with Crippen LogP contribution in [0.1, 0.15) is 18.1 Å². The van der Waals surface area contributed by atoms with Gasteiger partial charge in [0.2, 0.25) is 5.91 Å². The number of hydrogen-bond donors (Lipinski definition) is 2. The number of hydrogen-bond acceptors (Lipinski definition) is 5. The number of H-pyrrole nitrogens is 1. The van der Waals surface area contributed by atoms with Crippen molar-refractivity contribution in [3.63, 3.8) is 0 Å². The maximum absolute atomic E-state index is 12.8. The monoisotopic (exact) mass is 534 g/mol. The number of imidazole rings is 1. The number of rotatable bonds is 8. The highest BCUT2D eigenvalue weighted by molar-refractivity contribution is 8.00. The fourth-order valence-corrected chi connectivity index (χ4v) is 5.58. The van der Waals surface area contributed by atoms with E-state index in [1.165, 1.54) is 17.3 Å². The van der Waals surface area contributed by atoms with Gasteiger partial charge in [-0.1, -0.05) is 65.8 Å². The van der Waals surface area contributed by atoms with Gasteiger partial charge in [-0.3, -0.25) is 9.69 Å². The topological polar surface area (TPSA) is 70.2 Å². The number of ether oxygens (including phenoxy) is 1. The molecule has 37 heavy (non-hydrogen) atoms. The molecule has 0 bridgehead atoms. The molecule has 1 aliphatic rings. The minimum Gasteiger partial charge on any atom is -0.379 e. The number of halogens is 1. The molecule has 1 aromatic heterocycles. The summed E-state index contributed by atoms with van der Waals surface area (Å²) in [5.74, 6) is -0.121. The Balaban J connectivity index is 1.29. The van der Waals surface area contributed by atoms with Crippen LogP contribution in [-0.2, 0) is 16.0 Å². The van der Waals surface area contributed by atoms with Crippen LogP contribution in [0.25, 0.3) is 22.2 Å². The highest BCUT2D eigenvalue weighted by Gasteiger charge is 2.19. The van der Waals surface area contributed by atoms with E-state index in [9.17, 15) is 4.79 Å². The van der Waals surface area contributed by atoms with Crippen molar-refractivity contribution >= 4 is 46.0 Å². The molecule has 0 saturated carbocycles. The van der Waals surface area contributed by atoms with Crippen LogP contribution in [0.4, 0.5) is 5.69 Å². The first kappa shape index (κ1) is 25.8. The zero-order chi connectivity index (χ0) is 25.8. The highest BCUT2D eigenvalue weighted by atomic mass is 35.5. The predicted octanol–water partition coefficient (Wildman–Crippen LogP) is 6.19. The molecule has 3 aromatic carbocycles. The normalized spacial score (nSPS) is 15.1. The first-order chi connectivity index (χ1) is 18.0. The van der Waals surface area contributed by atoms with E-state index in [-0.39, 0.29) is 11.2 Å². The lowest BCUT2D eigenvalue weighted by molar-refractivity contribution is -0.115. The van der Waals surface area contributed by atoms with E-state index in [2.05, 4.69) is 45.5 Å². The number of para-hydroxylation sites is 1. The molecule has 2 N–H and O–H groups in total. The largest absolute Gasteiger partial charge is 0.379 e. The van der Waals surface area contributed by atoms with Gasteiger partial charge < -0.3 is 15.0 Å². The first-order valence-electron chi connectivity index (χ1n) is 12.6. The summed E-state index contributed by atoms with van der Waals surface area (Å²) in [6, 6.07) is 20.5. The third-order valence-electron chi connectivity index (χ3n) is 6.59. The number of aromatic nitrogens is 2. The van der Waals surface area contributed by atoms with Crippen molar-refractivity contribution < 1.29 is 9.53 Å². The van der Waals surface area contributed by atoms with Crippen molar-refractivity contribution in [3.8, 4) is 11.1 Å². The molecule has 0 radical (unpaired) electrons. The quantitative estimate of drug-likeness (QED) is 0.264. The van der Waals surface area contributed by atoms with Gasteiger partial charge in [-0.25, -0.2) is 4.98 Å². The van der Waals surface area contributed by atoms with Gasteiger partial charge in [-0.15, -0.1) is 0 Å². The number of aryl methyl sites for hydroxylation is 1. The second-order valence-electron chi connectivity index (χ2n) is 9.38. The number of fused-ring (bicyclic) bond motifs is 1. The van der Waals surface area contributed by atoms with Gasteiger partial charge in [0.1, 0.15) is 0 Å². The number of nitrogens with zero attached hydrogens (tertiary/aromatic N) is 2. The Morgan fingerprint density at radius 3 is 2.78 bits per heavy atom. The average Bonchev–Trinajstić information content (AvgIpc) is 3.32. The number of carbonyl (C=O) groups is 1. The number of benzene rings is 3. The van der Waals surface area contributed by atoms with E-state index >= 15 is 0 Å². The van der Waals surface area contributed by atoms with Gasteiger partial charge in [0.05, 0.1) is 40.2 Å². The Morgan fingerprint density at radius 1 is 1.16 bits per heavy atom. The Kier molecular flexibility index (Phi) is 8.15. The Hall–Kier alpha value is -2.84. The first-order valence-corrected chi connectivity index (χ1v) is 13.8. The molecule has 192 valence electrons. The molecule has 1 amide bonds. The van der Waals surface area contributed by atoms with Crippen LogP contribution in [0.3, 0.4) is 0 Å². The summed E-state index contributed by atoms with van der Waals surface area (Å²) in [4.78, 5) is 23.5. The fraction of sp³-hybridized carbons (Fsp3) is 0.310. The van der Waals surface area contributed by atoms with E-state index in [1.54, 1.807) is 0 Å². The molecular formula is C29H31ClN4O2S. The molecular weight excluding hydrogens is 504 g/mol. The van der Waals surface area contributed by atoms with Crippen LogP contribution in [-0.4, -0.2) is 58.9 Å². The molecule has 4 aromatic rings. The summed E-state index contributed by atoms with van der Waals surface area (Å²) in [6.45, 7) is 8.52. The van der Waals surface area contributed by atoms with Crippen LogP contribution in [0, 0.1) is 6.92 Å². The van der Waals surface area contributed by atoms with Gasteiger partial charge in [-0.2, -0.15) is 0 Å². The zero-order valence-corrected chi connectivity index (χ0v) is 22.7. The second-order valence-corrected chi connectivity index (χ2v) is 11.1. The Morgan fingerprint density at radius 2 is 1.97 bits per heavy atom. The minimum atomic E-state index is -0.357. The standard InChI is InChI=1S/C29H31ClN4O2S/c1-19-9-10-25(24(30)17-19)31-28(35)20(2)37-29-32-26-8-4-7-23(27(26)33-29)22-6-3-5-21(18-22)11-12-34-13-15-36-16-14-34/h3-10,17-18,20H,11-16H2,1-2H3,(H,31,35)(H,32,33)/t20-/m0/s1. The van der Waals surface area contributed by atoms with Crippen LogP contribution >= 0.6 is 23.4 Å². The zero-order valence-electron chi connectivity index (χ0n) is 21.1. The number of anilines is 1. The molecule has 2 heterocycles. The van der Waals surface area contributed by atoms with E-state index in [1.807, 2.05) is 44.2 Å². The summed E-state index contributed by atoms with van der Waals surface area (Å²) in [5.41, 5.74) is 7.10. The van der Waals surface area contributed by atoms with Gasteiger partial charge in [0.25, 0.3) is 0 Å². The number of thioether (sulfide) groups is 1. The number of amides is 1. The number of morpholine rings is 1. The van der Waals surface area contributed by atoms with Crippen molar-refractivity contribution in [1.29, 1.82) is 0 Å². The number of aromatic amines is 1. The molecule has 1 saturated heterocycles. The summed E-state index contributed by atoms with van der Waals surface area (Å²) in [5, 5.41) is 3.81. The maximum Gasteiger partial charge on any atom is 0.237 e. The molecule has 8 heteroatoms. The molecule has 1 fully saturated rings. The third kappa shape index (κ3) is 6.36. The van der Waals surface area contributed by atoms with Crippen molar-refractivity contribution in [2.75, 3.05) is 38.2 Å². The Bertz CT molecular complexity index is 1400. The van der Waals surface area contributed by atoms with E-state index < -0.39 is 0 Å². The predicted molar refractivity (Wildman–Crippen MR) is 153 cm³/mol. The molecule has 1 atom stereocenters. The molecule has 1 aliphatic heterocycles. The minimum absolute atomic E-state index is 0.121. The molecule has 5 rings (SSSR count). The van der Waals surface area contributed by atoms with E-state index in [0.29, 0.717) is 15.9 Å². The Labute approximate surface area is 226 Å². The van der Waals surface area contributed by atoms with E-state index in [0.717, 1.165) is 67.0 Å². The second kappa shape index (κ2) is 11.7. The molecule has 0 spiro atoms. The lowest BCUT2D eigenvalue weighted by Crippen LogP contribution is -2.37. The van der Waals surface area contributed by atoms with Crippen LogP contribution in [0.5, 0.6) is 0 Å². The lowest BCUT2D eigenvalue weighted by atomic mass is 10.0. The highest BCUT2D eigenvalue weighted by Crippen LogP contribution is 2.32. The van der Waals surface area contributed by atoms with Crippen molar-refractivity contribution in [2.24, 2.45) is 0 Å². The van der Waals surface area contributed by atoms with Crippen LogP contribution < -0.4 is 5.32 Å². The maximum atomic E-state index is 12.8. The summed E-state index contributed by atoms with van der Waals surface area (Å²) < 4.78 is 5.46. The number of carbonyl (C=O) groups excluding carboxylic acids is 1. The van der Waals surface area contributed by atoms with Crippen LogP contribution in [0.2, 0.25) is 5.02 Å². The van der Waals surface area contributed by atoms with Crippen molar-refractivity contribution in [2.45, 2.75) is 30.7 Å². The lowest BCUT2D eigenvalue weighted by Gasteiger charge is -2.26. The van der Waals surface area contributed by atoms with Crippen molar-refractivity contribution in [3.05, 3.63) is 76.8 Å². The van der Waals surface area contributed by atoms with Crippen LogP contribution in [0.15, 0.2) is 65.8 Å². The fourth-order valence-electron chi connectivity index (χ4n) is 4.49. The molecule has 6 nitrogen and oxygen atoms in total. The SMILES string of the molecule is Cc1ccc(NC(=O)[C@H](C)Sc2nc3cccc(-c4cccc(CCN5CCOCC5)c4)c3[nH]2)c(Cl)c1. The average molecular weight is 535 g/mol. The van der Waals surface area contributed by atoms with Gasteiger partial charge >= 0.3 is 0 Å². The van der Waals surface area contributed by atoms with Gasteiger partial charge in [0.15, 0.2) is 5.16 Å². The third-order valence-corrected chi connectivity index (χ3v) is 7.89. The smallest absolute Gasteiger partial charge is 0.237 e. The summed E-state index contributed by atoms with van der Waals surface area (Å²) >= 11 is 7.69. The summed E-state index contributed by atoms with van der Waals surface area (Å²) in [6.07, 6.45) is 1.01. The van der Waals surface area contributed by atoms with Gasteiger partial charge in [0, 0.05) is 25.2 Å².